The Morgan fingerprint density at radius 1 is 0.806 bits per heavy atom. The lowest BCUT2D eigenvalue weighted by Crippen LogP contribution is -2.47. The van der Waals surface area contributed by atoms with Crippen molar-refractivity contribution >= 4 is 5.69 Å². The highest BCUT2D eigenvalue weighted by molar-refractivity contribution is 5.46. The fourth-order valence-electron chi connectivity index (χ4n) is 5.12. The number of nitrogens with zero attached hydrogens (tertiary/aromatic N) is 3. The zero-order valence-electron chi connectivity index (χ0n) is 18.1. The van der Waals surface area contributed by atoms with Gasteiger partial charge in [0.15, 0.2) is 0 Å². The molecule has 0 radical (unpaired) electrons. The summed E-state index contributed by atoms with van der Waals surface area (Å²) < 4.78 is 25.3. The Hall–Kier alpha value is -1.99. The van der Waals surface area contributed by atoms with Crippen LogP contribution in [0.3, 0.4) is 0 Å². The van der Waals surface area contributed by atoms with Gasteiger partial charge in [0.2, 0.25) is 5.79 Å². The lowest BCUT2D eigenvalue weighted by Gasteiger charge is -2.40. The molecule has 3 aliphatic heterocycles. The molecular weight excluding hydrogens is 393 g/mol. The molecule has 0 unspecified atom stereocenters. The number of hydrogen-bond acceptors (Lipinski definition) is 5. The van der Waals surface area contributed by atoms with Crippen molar-refractivity contribution in [2.45, 2.75) is 25.2 Å². The van der Waals surface area contributed by atoms with Crippen LogP contribution >= 0.6 is 0 Å². The smallest absolute Gasteiger partial charge is 0.208 e. The lowest BCUT2D eigenvalue weighted by atomic mass is 9.94. The van der Waals surface area contributed by atoms with Crippen LogP contribution < -0.4 is 4.90 Å². The standard InChI is InChI=1S/C25H32FN3O2/c26-22-7-9-23(10-8-22)29-15-13-27(14-16-29)11-3-4-12-28-19-21-5-1-2-6-24(21)25(20-28)30-17-18-31-25/h1-2,5-10H,3-4,11-20H2. The summed E-state index contributed by atoms with van der Waals surface area (Å²) in [6.45, 7) is 9.49. The van der Waals surface area contributed by atoms with Crippen LogP contribution in [0, 0.1) is 5.82 Å². The third kappa shape index (κ3) is 4.62. The molecule has 5 rings (SSSR count). The number of ether oxygens (including phenoxy) is 2. The van der Waals surface area contributed by atoms with E-state index >= 15 is 0 Å². The highest BCUT2D eigenvalue weighted by Gasteiger charge is 2.44. The molecule has 6 heteroatoms. The Morgan fingerprint density at radius 2 is 1.48 bits per heavy atom. The van der Waals surface area contributed by atoms with E-state index < -0.39 is 5.79 Å². The Labute approximate surface area is 184 Å². The van der Waals surface area contributed by atoms with Gasteiger partial charge in [-0.25, -0.2) is 4.39 Å². The van der Waals surface area contributed by atoms with E-state index in [0.717, 1.165) is 58.0 Å². The highest BCUT2D eigenvalue weighted by Crippen LogP contribution is 2.38. The van der Waals surface area contributed by atoms with Crippen molar-refractivity contribution in [3.05, 3.63) is 65.5 Å². The first-order chi connectivity index (χ1) is 15.2. The van der Waals surface area contributed by atoms with Crippen molar-refractivity contribution in [3.8, 4) is 0 Å². The third-order valence-electron chi connectivity index (χ3n) is 6.77. The molecule has 0 aliphatic carbocycles. The van der Waals surface area contributed by atoms with Crippen LogP contribution in [0.2, 0.25) is 0 Å². The average Bonchev–Trinajstić information content (AvgIpc) is 3.26. The molecule has 31 heavy (non-hydrogen) atoms. The number of benzene rings is 2. The molecule has 2 saturated heterocycles. The van der Waals surface area contributed by atoms with Crippen molar-refractivity contribution in [1.82, 2.24) is 9.80 Å². The molecule has 0 amide bonds. The van der Waals surface area contributed by atoms with E-state index in [9.17, 15) is 4.39 Å². The largest absolute Gasteiger partial charge is 0.369 e. The minimum Gasteiger partial charge on any atom is -0.369 e. The highest BCUT2D eigenvalue weighted by atomic mass is 19.1. The van der Waals surface area contributed by atoms with E-state index in [1.54, 1.807) is 12.1 Å². The van der Waals surface area contributed by atoms with Gasteiger partial charge in [-0.05, 0) is 55.8 Å². The number of anilines is 1. The molecular formula is C25H32FN3O2. The summed E-state index contributed by atoms with van der Waals surface area (Å²) in [6.07, 6.45) is 2.37. The summed E-state index contributed by atoms with van der Waals surface area (Å²) in [4.78, 5) is 7.39. The van der Waals surface area contributed by atoms with Crippen molar-refractivity contribution < 1.29 is 13.9 Å². The van der Waals surface area contributed by atoms with Crippen LogP contribution in [0.5, 0.6) is 0 Å². The SMILES string of the molecule is Fc1ccc(N2CCN(CCCCN3Cc4ccccc4C4(C3)OCCO4)CC2)cc1. The van der Waals surface area contributed by atoms with Crippen LogP contribution in [-0.2, 0) is 21.8 Å². The maximum atomic E-state index is 13.1. The molecule has 0 N–H and O–H groups in total. The van der Waals surface area contributed by atoms with Gasteiger partial charge >= 0.3 is 0 Å². The predicted octanol–water partition coefficient (Wildman–Crippen LogP) is 3.44. The van der Waals surface area contributed by atoms with Crippen LogP contribution in [0.1, 0.15) is 24.0 Å². The second-order valence-electron chi connectivity index (χ2n) is 8.83. The molecule has 0 aromatic heterocycles. The summed E-state index contributed by atoms with van der Waals surface area (Å²) in [5.41, 5.74) is 3.66. The fraction of sp³-hybridized carbons (Fsp3) is 0.520. The summed E-state index contributed by atoms with van der Waals surface area (Å²) in [6, 6.07) is 15.4. The van der Waals surface area contributed by atoms with Gasteiger partial charge in [0.1, 0.15) is 5.82 Å². The Morgan fingerprint density at radius 3 is 2.23 bits per heavy atom. The van der Waals surface area contributed by atoms with Gasteiger partial charge in [-0.15, -0.1) is 0 Å². The van der Waals surface area contributed by atoms with Crippen molar-refractivity contribution in [1.29, 1.82) is 0 Å². The van der Waals surface area contributed by atoms with Crippen LogP contribution in [0.4, 0.5) is 10.1 Å². The second kappa shape index (κ2) is 9.25. The Kier molecular flexibility index (Phi) is 6.23. The van der Waals surface area contributed by atoms with Crippen LogP contribution in [0.25, 0.3) is 0 Å². The minimum absolute atomic E-state index is 0.170. The molecule has 2 aromatic carbocycles. The molecule has 0 saturated carbocycles. The monoisotopic (exact) mass is 425 g/mol. The molecule has 3 heterocycles. The normalized spacial score (nSPS) is 21.5. The first-order valence-corrected chi connectivity index (χ1v) is 11.5. The molecule has 0 bridgehead atoms. The first-order valence-electron chi connectivity index (χ1n) is 11.5. The zero-order valence-corrected chi connectivity index (χ0v) is 18.1. The summed E-state index contributed by atoms with van der Waals surface area (Å²) in [5, 5.41) is 0. The molecule has 166 valence electrons. The number of fused-ring (bicyclic) bond motifs is 2. The minimum atomic E-state index is -0.564. The number of hydrogen-bond donors (Lipinski definition) is 0. The van der Waals surface area contributed by atoms with E-state index in [4.69, 9.17) is 9.47 Å². The predicted molar refractivity (Wildman–Crippen MR) is 120 cm³/mol. The van der Waals surface area contributed by atoms with Gasteiger partial charge in [-0.3, -0.25) is 9.80 Å². The van der Waals surface area contributed by atoms with Gasteiger partial charge < -0.3 is 14.4 Å². The van der Waals surface area contributed by atoms with Gasteiger partial charge in [0.25, 0.3) is 0 Å². The molecule has 0 atom stereocenters. The molecule has 2 aromatic rings. The summed E-state index contributed by atoms with van der Waals surface area (Å²) >= 11 is 0. The molecule has 1 spiro atoms. The number of rotatable bonds is 6. The summed E-state index contributed by atoms with van der Waals surface area (Å²) in [7, 11) is 0. The molecule has 3 aliphatic rings. The van der Waals surface area contributed by atoms with Gasteiger partial charge in [0.05, 0.1) is 19.8 Å². The van der Waals surface area contributed by atoms with Crippen molar-refractivity contribution in [3.63, 3.8) is 0 Å². The van der Waals surface area contributed by atoms with E-state index in [1.807, 2.05) is 12.1 Å². The number of piperazine rings is 1. The maximum absolute atomic E-state index is 13.1. The van der Waals surface area contributed by atoms with E-state index in [2.05, 4.69) is 39.0 Å². The zero-order chi connectivity index (χ0) is 21.1. The number of unbranched alkanes of at least 4 members (excludes halogenated alkanes) is 1. The van der Waals surface area contributed by atoms with E-state index in [0.29, 0.717) is 13.2 Å². The van der Waals surface area contributed by atoms with Gasteiger partial charge in [-0.2, -0.15) is 0 Å². The van der Waals surface area contributed by atoms with E-state index in [-0.39, 0.29) is 5.82 Å². The number of halogens is 1. The summed E-state index contributed by atoms with van der Waals surface area (Å²) in [5.74, 6) is -0.734. The third-order valence-corrected chi connectivity index (χ3v) is 6.77. The van der Waals surface area contributed by atoms with Gasteiger partial charge in [-0.1, -0.05) is 24.3 Å². The van der Waals surface area contributed by atoms with Gasteiger partial charge in [0, 0.05) is 44.0 Å². The second-order valence-corrected chi connectivity index (χ2v) is 8.83. The van der Waals surface area contributed by atoms with Crippen LogP contribution in [-0.4, -0.2) is 68.8 Å². The Bertz CT molecular complexity index is 861. The fourth-order valence-corrected chi connectivity index (χ4v) is 5.12. The average molecular weight is 426 g/mol. The quantitative estimate of drug-likeness (QED) is 0.661. The van der Waals surface area contributed by atoms with Crippen molar-refractivity contribution in [2.75, 3.05) is 63.9 Å². The topological polar surface area (TPSA) is 28.2 Å². The van der Waals surface area contributed by atoms with Crippen LogP contribution in [0.15, 0.2) is 48.5 Å². The molecule has 2 fully saturated rings. The van der Waals surface area contributed by atoms with E-state index in [1.165, 1.54) is 24.0 Å². The lowest BCUT2D eigenvalue weighted by molar-refractivity contribution is -0.187. The van der Waals surface area contributed by atoms with Crippen molar-refractivity contribution in [2.24, 2.45) is 0 Å². The Balaban J connectivity index is 1.07. The molecule has 5 nitrogen and oxygen atoms in total. The maximum Gasteiger partial charge on any atom is 0.208 e. The first kappa shape index (κ1) is 20.9.